The van der Waals surface area contributed by atoms with Crippen molar-refractivity contribution in [3.8, 4) is 0 Å². The summed E-state index contributed by atoms with van der Waals surface area (Å²) in [4.78, 5) is 0.801. The van der Waals surface area contributed by atoms with Crippen LogP contribution < -0.4 is 5.32 Å². The van der Waals surface area contributed by atoms with Crippen molar-refractivity contribution in [2.75, 3.05) is 6.61 Å². The third-order valence-corrected chi connectivity index (χ3v) is 1.22. The van der Waals surface area contributed by atoms with Gasteiger partial charge in [0.1, 0.15) is 10.7 Å². The minimum Gasteiger partial charge on any atom is -0.351 e. The predicted molar refractivity (Wildman–Crippen MR) is 35.8 cm³/mol. The Morgan fingerprint density at radius 3 is 2.50 bits per heavy atom. The van der Waals surface area contributed by atoms with Crippen molar-refractivity contribution in [2.45, 2.75) is 19.6 Å². The molecule has 0 unspecified atom stereocenters. The fourth-order valence-electron chi connectivity index (χ4n) is 0.654. The molecule has 1 saturated heterocycles. The predicted octanol–water partition coefficient (Wildman–Crippen LogP) is 0.670. The monoisotopic (exact) mass is 131 g/mol. The maximum Gasteiger partial charge on any atom is 0.134 e. The summed E-state index contributed by atoms with van der Waals surface area (Å²) in [6.07, 6.45) is 0. The number of ether oxygens (including phenoxy) is 1. The lowest BCUT2D eigenvalue weighted by Gasteiger charge is -2.15. The van der Waals surface area contributed by atoms with Gasteiger partial charge < -0.3 is 10.1 Å². The molecule has 0 bridgehead atoms. The molecule has 1 aliphatic rings. The van der Waals surface area contributed by atoms with Gasteiger partial charge in [-0.15, -0.1) is 0 Å². The molecule has 46 valence electrons. The summed E-state index contributed by atoms with van der Waals surface area (Å²) in [5.41, 5.74) is -0.225. The highest BCUT2D eigenvalue weighted by molar-refractivity contribution is 7.80. The van der Waals surface area contributed by atoms with E-state index in [4.69, 9.17) is 17.0 Å². The van der Waals surface area contributed by atoms with E-state index in [1.165, 1.54) is 0 Å². The first kappa shape index (κ1) is 5.98. The summed E-state index contributed by atoms with van der Waals surface area (Å²) in [5, 5.41) is 3.00. The molecule has 0 atom stereocenters. The van der Waals surface area contributed by atoms with Gasteiger partial charge in [0.15, 0.2) is 0 Å². The summed E-state index contributed by atoms with van der Waals surface area (Å²) in [5.74, 6) is 0. The minimum absolute atomic E-state index is 0.225. The Kier molecular flexibility index (Phi) is 1.25. The molecule has 1 aliphatic heterocycles. The third-order valence-electron chi connectivity index (χ3n) is 1.00. The number of hydrogen-bond donors (Lipinski definition) is 1. The van der Waals surface area contributed by atoms with E-state index in [9.17, 15) is 0 Å². The van der Waals surface area contributed by atoms with E-state index in [1.54, 1.807) is 0 Å². The summed E-state index contributed by atoms with van der Waals surface area (Å²) >= 11 is 4.83. The molecule has 0 saturated carbocycles. The first-order chi connectivity index (χ1) is 3.60. The van der Waals surface area contributed by atoms with Crippen LogP contribution in [0.25, 0.3) is 0 Å². The fourth-order valence-corrected chi connectivity index (χ4v) is 0.959. The first-order valence-electron chi connectivity index (χ1n) is 2.55. The van der Waals surface area contributed by atoms with Gasteiger partial charge in [-0.1, -0.05) is 12.2 Å². The van der Waals surface area contributed by atoms with Crippen molar-refractivity contribution in [1.82, 2.24) is 5.32 Å². The molecule has 8 heavy (non-hydrogen) atoms. The van der Waals surface area contributed by atoms with E-state index in [-0.39, 0.29) is 5.72 Å². The quantitative estimate of drug-likeness (QED) is 0.488. The highest BCUT2D eigenvalue weighted by Gasteiger charge is 2.25. The van der Waals surface area contributed by atoms with Crippen LogP contribution in [0.1, 0.15) is 13.8 Å². The Morgan fingerprint density at radius 2 is 2.38 bits per heavy atom. The Balaban J connectivity index is 2.56. The van der Waals surface area contributed by atoms with Crippen molar-refractivity contribution >= 4 is 17.2 Å². The summed E-state index contributed by atoms with van der Waals surface area (Å²) in [6.45, 7) is 4.47. The maximum absolute atomic E-state index is 5.20. The average molecular weight is 131 g/mol. The third kappa shape index (κ3) is 1.17. The molecule has 0 aliphatic carbocycles. The molecule has 1 N–H and O–H groups in total. The zero-order valence-electron chi connectivity index (χ0n) is 5.02. The summed E-state index contributed by atoms with van der Waals surface area (Å²) in [7, 11) is 0. The largest absolute Gasteiger partial charge is 0.351 e. The van der Waals surface area contributed by atoms with Gasteiger partial charge in [-0.05, 0) is 13.8 Å². The molecule has 3 heteroatoms. The van der Waals surface area contributed by atoms with Crippen molar-refractivity contribution in [2.24, 2.45) is 0 Å². The van der Waals surface area contributed by atoms with Crippen molar-refractivity contribution < 1.29 is 4.74 Å². The fraction of sp³-hybridized carbons (Fsp3) is 0.800. The normalized spacial score (nSPS) is 25.5. The van der Waals surface area contributed by atoms with Gasteiger partial charge in [0.25, 0.3) is 0 Å². The lowest BCUT2D eigenvalue weighted by molar-refractivity contribution is 0.0236. The van der Waals surface area contributed by atoms with E-state index in [1.807, 2.05) is 13.8 Å². The number of rotatable bonds is 0. The smallest absolute Gasteiger partial charge is 0.134 e. The lowest BCUT2D eigenvalue weighted by atomic mass is 10.3. The van der Waals surface area contributed by atoms with Gasteiger partial charge in [-0.3, -0.25) is 0 Å². The Morgan fingerprint density at radius 1 is 1.75 bits per heavy atom. The zero-order valence-corrected chi connectivity index (χ0v) is 5.84. The number of thiocarbonyl (C=S) groups is 1. The molecule has 0 aromatic carbocycles. The first-order valence-corrected chi connectivity index (χ1v) is 2.96. The minimum atomic E-state index is -0.225. The standard InChI is InChI=1S/C5H9NOS/c1-5(2)6-4(8)3-7-5/h3H2,1-2H3,(H,6,8). The zero-order chi connectivity index (χ0) is 6.20. The number of nitrogens with one attached hydrogen (secondary N) is 1. The van der Waals surface area contributed by atoms with Crippen LogP contribution in [0, 0.1) is 0 Å². The molecule has 1 fully saturated rings. The Hall–Kier alpha value is -0.150. The van der Waals surface area contributed by atoms with Gasteiger partial charge in [0, 0.05) is 0 Å². The van der Waals surface area contributed by atoms with Crippen molar-refractivity contribution in [3.63, 3.8) is 0 Å². The maximum atomic E-state index is 5.20. The van der Waals surface area contributed by atoms with E-state index in [0.29, 0.717) is 6.61 Å². The molecular weight excluding hydrogens is 122 g/mol. The Labute approximate surface area is 54.2 Å². The van der Waals surface area contributed by atoms with Gasteiger partial charge in [0.2, 0.25) is 0 Å². The van der Waals surface area contributed by atoms with Crippen LogP contribution in [0.3, 0.4) is 0 Å². The molecule has 1 rings (SSSR count). The van der Waals surface area contributed by atoms with Crippen LogP contribution >= 0.6 is 12.2 Å². The molecule has 0 radical (unpaired) electrons. The van der Waals surface area contributed by atoms with Gasteiger partial charge in [0.05, 0.1) is 6.61 Å². The molecule has 0 amide bonds. The van der Waals surface area contributed by atoms with Crippen molar-refractivity contribution in [3.05, 3.63) is 0 Å². The second kappa shape index (κ2) is 1.67. The van der Waals surface area contributed by atoms with Crippen LogP contribution in [0.4, 0.5) is 0 Å². The second-order valence-electron chi connectivity index (χ2n) is 2.35. The molecule has 0 aromatic heterocycles. The molecule has 0 aromatic rings. The van der Waals surface area contributed by atoms with Crippen LogP contribution in [-0.4, -0.2) is 17.3 Å². The average Bonchev–Trinajstić information content (AvgIpc) is 1.82. The summed E-state index contributed by atoms with van der Waals surface area (Å²) in [6, 6.07) is 0. The highest BCUT2D eigenvalue weighted by Crippen LogP contribution is 2.10. The number of hydrogen-bond acceptors (Lipinski definition) is 2. The van der Waals surface area contributed by atoms with E-state index in [0.717, 1.165) is 4.99 Å². The van der Waals surface area contributed by atoms with Crippen LogP contribution in [0.2, 0.25) is 0 Å². The highest BCUT2D eigenvalue weighted by atomic mass is 32.1. The van der Waals surface area contributed by atoms with Crippen LogP contribution in [0.5, 0.6) is 0 Å². The SMILES string of the molecule is CC1(C)NC(=S)CO1. The van der Waals surface area contributed by atoms with Gasteiger partial charge in [-0.25, -0.2) is 0 Å². The summed E-state index contributed by atoms with van der Waals surface area (Å²) < 4.78 is 5.20. The van der Waals surface area contributed by atoms with E-state index < -0.39 is 0 Å². The Bertz CT molecular complexity index is 122. The molecule has 1 heterocycles. The van der Waals surface area contributed by atoms with Crippen LogP contribution in [-0.2, 0) is 4.74 Å². The second-order valence-corrected chi connectivity index (χ2v) is 2.84. The lowest BCUT2D eigenvalue weighted by Crippen LogP contribution is -2.35. The molecular formula is C5H9NOS. The molecule has 2 nitrogen and oxygen atoms in total. The van der Waals surface area contributed by atoms with E-state index in [2.05, 4.69) is 5.32 Å². The topological polar surface area (TPSA) is 21.3 Å². The van der Waals surface area contributed by atoms with Crippen molar-refractivity contribution in [1.29, 1.82) is 0 Å². The van der Waals surface area contributed by atoms with Gasteiger partial charge in [-0.2, -0.15) is 0 Å². The van der Waals surface area contributed by atoms with E-state index >= 15 is 0 Å². The molecule has 0 spiro atoms. The van der Waals surface area contributed by atoms with Crippen LogP contribution in [0.15, 0.2) is 0 Å². The van der Waals surface area contributed by atoms with Gasteiger partial charge >= 0.3 is 0 Å².